The highest BCUT2D eigenvalue weighted by Gasteiger charge is 2.67. The Morgan fingerprint density at radius 2 is 1.93 bits per heavy atom. The van der Waals surface area contributed by atoms with E-state index in [2.05, 4.69) is 41.3 Å². The average molecular weight is 384 g/mol. The third kappa shape index (κ3) is 2.16. The van der Waals surface area contributed by atoms with Crippen LogP contribution in [0.15, 0.2) is 24.3 Å². The first-order valence-electron chi connectivity index (χ1n) is 10.1. The molecule has 0 spiro atoms. The summed E-state index contributed by atoms with van der Waals surface area (Å²) < 4.78 is 28.6. The van der Waals surface area contributed by atoms with Gasteiger partial charge in [-0.3, -0.25) is 4.90 Å². The molecule has 1 saturated heterocycles. The number of likely N-dealkylation sites (N-methyl/N-ethyl adjacent to an activating group) is 1. The molecule has 2 bridgehead atoms. The van der Waals surface area contributed by atoms with Crippen LogP contribution in [0.1, 0.15) is 43.9 Å². The lowest BCUT2D eigenvalue weighted by molar-refractivity contribution is 0.0546. The van der Waals surface area contributed by atoms with Crippen molar-refractivity contribution in [1.82, 2.24) is 20.4 Å². The van der Waals surface area contributed by atoms with Crippen LogP contribution in [-0.2, 0) is 5.41 Å². The van der Waals surface area contributed by atoms with Crippen molar-refractivity contribution in [3.05, 3.63) is 47.2 Å². The van der Waals surface area contributed by atoms with E-state index in [9.17, 15) is 8.78 Å². The van der Waals surface area contributed by atoms with Crippen LogP contribution in [0.25, 0.3) is 11.3 Å². The number of benzene rings is 1. The molecule has 4 nitrogen and oxygen atoms in total. The third-order valence-electron chi connectivity index (χ3n) is 7.77. The second-order valence-corrected chi connectivity index (χ2v) is 9.12. The van der Waals surface area contributed by atoms with Crippen molar-refractivity contribution < 1.29 is 8.78 Å². The minimum atomic E-state index is -0.595. The first-order chi connectivity index (χ1) is 13.4. The molecule has 2 heterocycles. The number of halogens is 2. The van der Waals surface area contributed by atoms with Gasteiger partial charge < -0.3 is 5.32 Å². The van der Waals surface area contributed by atoms with Gasteiger partial charge in [-0.25, -0.2) is 8.78 Å². The van der Waals surface area contributed by atoms with Crippen LogP contribution in [0.5, 0.6) is 0 Å². The predicted molar refractivity (Wildman–Crippen MR) is 104 cm³/mol. The van der Waals surface area contributed by atoms with Crippen LogP contribution < -0.4 is 5.32 Å². The molecule has 6 heteroatoms. The average Bonchev–Trinajstić information content (AvgIpc) is 3.03. The van der Waals surface area contributed by atoms with E-state index in [1.165, 1.54) is 18.2 Å². The van der Waals surface area contributed by atoms with Gasteiger partial charge in [-0.15, -0.1) is 0 Å². The van der Waals surface area contributed by atoms with Crippen molar-refractivity contribution in [2.24, 2.45) is 5.41 Å². The van der Waals surface area contributed by atoms with Gasteiger partial charge in [-0.2, -0.15) is 10.2 Å². The van der Waals surface area contributed by atoms with Gasteiger partial charge in [0, 0.05) is 31.1 Å². The zero-order valence-corrected chi connectivity index (χ0v) is 16.6. The predicted octanol–water partition coefficient (Wildman–Crippen LogP) is 3.48. The Morgan fingerprint density at radius 1 is 1.18 bits per heavy atom. The van der Waals surface area contributed by atoms with Crippen molar-refractivity contribution >= 4 is 0 Å². The molecule has 3 aliphatic rings. The smallest absolute Gasteiger partial charge is 0.135 e. The van der Waals surface area contributed by atoms with E-state index in [1.54, 1.807) is 0 Å². The molecule has 1 aromatic heterocycles. The molecule has 2 aromatic rings. The molecule has 1 N–H and O–H groups in total. The summed E-state index contributed by atoms with van der Waals surface area (Å²) in [6, 6.07) is 6.16. The topological polar surface area (TPSA) is 41.0 Å². The lowest BCUT2D eigenvalue weighted by Gasteiger charge is -2.49. The minimum Gasteiger partial charge on any atom is -0.314 e. The highest BCUT2D eigenvalue weighted by atomic mass is 19.1. The number of fused-ring (bicyclic) bond motifs is 5. The second kappa shape index (κ2) is 6.04. The Labute approximate surface area is 164 Å². The van der Waals surface area contributed by atoms with Crippen molar-refractivity contribution in [3.8, 4) is 11.3 Å². The van der Waals surface area contributed by atoms with E-state index in [-0.39, 0.29) is 16.4 Å². The molecule has 1 aliphatic heterocycles. The Bertz CT molecular complexity index is 924. The fourth-order valence-electron chi connectivity index (χ4n) is 6.33. The first-order valence-corrected chi connectivity index (χ1v) is 10.1. The zero-order chi connectivity index (χ0) is 19.7. The molecule has 148 valence electrons. The van der Waals surface area contributed by atoms with Crippen molar-refractivity contribution in [2.45, 2.75) is 44.1 Å². The van der Waals surface area contributed by atoms with Crippen LogP contribution in [-0.4, -0.2) is 47.8 Å². The van der Waals surface area contributed by atoms with Crippen LogP contribution in [0.4, 0.5) is 8.78 Å². The van der Waals surface area contributed by atoms with Crippen LogP contribution in [0.3, 0.4) is 0 Å². The molecular weight excluding hydrogens is 358 g/mol. The number of nitrogens with zero attached hydrogens (tertiary/aromatic N) is 3. The van der Waals surface area contributed by atoms with E-state index >= 15 is 0 Å². The van der Waals surface area contributed by atoms with E-state index < -0.39 is 11.6 Å². The molecular formula is C22H26F2N4. The van der Waals surface area contributed by atoms with Crippen molar-refractivity contribution in [2.75, 3.05) is 26.7 Å². The Morgan fingerprint density at radius 3 is 2.64 bits per heavy atom. The lowest BCUT2D eigenvalue weighted by atomic mass is 9.63. The summed E-state index contributed by atoms with van der Waals surface area (Å²) in [7, 11) is 2.19. The van der Waals surface area contributed by atoms with Crippen LogP contribution in [0, 0.1) is 17.0 Å². The molecule has 0 unspecified atom stereocenters. The van der Waals surface area contributed by atoms with Crippen LogP contribution >= 0.6 is 0 Å². The summed E-state index contributed by atoms with van der Waals surface area (Å²) in [5.74, 6) is -0.855. The van der Waals surface area contributed by atoms with Gasteiger partial charge in [-0.1, -0.05) is 19.9 Å². The van der Waals surface area contributed by atoms with Gasteiger partial charge in [0.25, 0.3) is 0 Å². The molecule has 0 amide bonds. The Balaban J connectivity index is 1.67. The highest BCUT2D eigenvalue weighted by Crippen LogP contribution is 2.69. The fraction of sp³-hybridized carbons (Fsp3) is 0.545. The monoisotopic (exact) mass is 384 g/mol. The van der Waals surface area contributed by atoms with Gasteiger partial charge in [0.1, 0.15) is 11.6 Å². The summed E-state index contributed by atoms with van der Waals surface area (Å²) >= 11 is 0. The Hall–Kier alpha value is -1.92. The molecule has 5 rings (SSSR count). The largest absolute Gasteiger partial charge is 0.314 e. The summed E-state index contributed by atoms with van der Waals surface area (Å²) in [5, 5.41) is 12.5. The standard InChI is InChI=1S/C22H26F2N4/c1-21(2)14-7-8-22(21,18-12-25-9-10-28(18)3)20-13(14)11-17(26-27-20)19-15(23)5-4-6-16(19)24/h4-6,11,14,18,25H,7-10,12H2,1-3H3/t14-,18-,22-/m0/s1. The van der Waals surface area contributed by atoms with E-state index in [1.807, 2.05) is 6.07 Å². The number of hydrogen-bond donors (Lipinski definition) is 1. The maximum Gasteiger partial charge on any atom is 0.135 e. The van der Waals surface area contributed by atoms with Crippen molar-refractivity contribution in [3.63, 3.8) is 0 Å². The number of piperazine rings is 1. The maximum absolute atomic E-state index is 14.3. The molecule has 0 radical (unpaired) electrons. The lowest BCUT2D eigenvalue weighted by Crippen LogP contribution is -2.61. The van der Waals surface area contributed by atoms with Gasteiger partial charge in [0.15, 0.2) is 0 Å². The number of rotatable bonds is 2. The van der Waals surface area contributed by atoms with Crippen LogP contribution in [0.2, 0.25) is 0 Å². The van der Waals surface area contributed by atoms with E-state index in [4.69, 9.17) is 0 Å². The molecule has 2 fully saturated rings. The highest BCUT2D eigenvalue weighted by molar-refractivity contribution is 5.63. The summed E-state index contributed by atoms with van der Waals surface area (Å²) in [4.78, 5) is 2.45. The van der Waals surface area contributed by atoms with E-state index in [0.717, 1.165) is 43.7 Å². The summed E-state index contributed by atoms with van der Waals surface area (Å²) in [5.41, 5.74) is 2.31. The van der Waals surface area contributed by atoms with E-state index in [0.29, 0.717) is 17.7 Å². The molecule has 28 heavy (non-hydrogen) atoms. The summed E-state index contributed by atoms with van der Waals surface area (Å²) in [6.45, 7) is 7.60. The normalized spacial score (nSPS) is 31.2. The third-order valence-corrected chi connectivity index (χ3v) is 7.77. The fourth-order valence-corrected chi connectivity index (χ4v) is 6.33. The molecule has 3 atom stereocenters. The van der Waals surface area contributed by atoms with Gasteiger partial charge in [0.05, 0.1) is 17.0 Å². The second-order valence-electron chi connectivity index (χ2n) is 9.12. The van der Waals surface area contributed by atoms with Gasteiger partial charge in [-0.05, 0) is 55.0 Å². The summed E-state index contributed by atoms with van der Waals surface area (Å²) in [6.07, 6.45) is 2.16. The maximum atomic E-state index is 14.3. The number of nitrogens with one attached hydrogen (secondary N) is 1. The molecule has 1 aromatic carbocycles. The number of aromatic nitrogens is 2. The quantitative estimate of drug-likeness (QED) is 0.861. The SMILES string of the molecule is CN1CCNC[C@H]1[C@@]12CC[C@@H](c3cc(-c4c(F)cccc4F)nnc31)C2(C)C. The number of hydrogen-bond acceptors (Lipinski definition) is 4. The first kappa shape index (κ1) is 18.1. The molecule has 1 saturated carbocycles. The van der Waals surface area contributed by atoms with Crippen molar-refractivity contribution in [1.29, 1.82) is 0 Å². The van der Waals surface area contributed by atoms with Gasteiger partial charge in [0.2, 0.25) is 0 Å². The minimum absolute atomic E-state index is 0.0222. The van der Waals surface area contributed by atoms with Gasteiger partial charge >= 0.3 is 0 Å². The zero-order valence-electron chi connectivity index (χ0n) is 16.6. The Kier molecular flexibility index (Phi) is 3.91. The molecule has 2 aliphatic carbocycles.